The van der Waals surface area contributed by atoms with Crippen molar-refractivity contribution in [3.63, 3.8) is 0 Å². The zero-order valence-corrected chi connectivity index (χ0v) is 9.09. The van der Waals surface area contributed by atoms with Gasteiger partial charge in [0.05, 0.1) is 12.2 Å². The van der Waals surface area contributed by atoms with Crippen LogP contribution in [0.25, 0.3) is 0 Å². The second-order valence-corrected chi connectivity index (χ2v) is 3.99. The first kappa shape index (κ1) is 11.6. The lowest BCUT2D eigenvalue weighted by Gasteiger charge is -2.07. The van der Waals surface area contributed by atoms with Crippen molar-refractivity contribution < 1.29 is 14.8 Å². The van der Waals surface area contributed by atoms with Crippen LogP contribution in [0.15, 0.2) is 6.20 Å². The van der Waals surface area contributed by atoms with E-state index in [2.05, 4.69) is 10.3 Å². The van der Waals surface area contributed by atoms with Crippen molar-refractivity contribution in [1.29, 1.82) is 0 Å². The van der Waals surface area contributed by atoms with Crippen LogP contribution in [0.5, 0.6) is 0 Å². The predicted molar refractivity (Wildman–Crippen MR) is 53.6 cm³/mol. The van der Waals surface area contributed by atoms with E-state index in [4.69, 9.17) is 5.21 Å². The lowest BCUT2D eigenvalue weighted by atomic mass is 10.3. The zero-order chi connectivity index (χ0) is 11.4. The molecule has 2 amide bonds. The molecule has 0 aliphatic rings. The quantitative estimate of drug-likeness (QED) is 0.518. The zero-order valence-electron chi connectivity index (χ0n) is 8.27. The molecule has 1 atom stereocenters. The second kappa shape index (κ2) is 4.85. The molecule has 0 saturated carbocycles. The molecule has 0 fully saturated rings. The number of rotatable bonds is 3. The Hall–Kier alpha value is -1.47. The van der Waals surface area contributed by atoms with E-state index in [-0.39, 0.29) is 11.9 Å². The van der Waals surface area contributed by atoms with Crippen LogP contribution in [0, 0.1) is 0 Å². The number of hydroxylamine groups is 1. The average Bonchev–Trinajstić information content (AvgIpc) is 2.64. The van der Waals surface area contributed by atoms with Gasteiger partial charge in [-0.3, -0.25) is 14.8 Å². The lowest BCUT2D eigenvalue weighted by molar-refractivity contribution is -0.119. The predicted octanol–water partition coefficient (Wildman–Crippen LogP) is 0.459. The number of hydrogen-bond donors (Lipinski definition) is 3. The smallest absolute Gasteiger partial charge is 0.286 e. The number of carbonyl (C=O) groups excluding carboxylic acids is 2. The molecule has 0 aliphatic heterocycles. The Bertz CT molecular complexity index is 377. The average molecular weight is 229 g/mol. The van der Waals surface area contributed by atoms with Crippen LogP contribution in [-0.2, 0) is 4.79 Å². The molecule has 1 aromatic heterocycles. The van der Waals surface area contributed by atoms with E-state index in [1.807, 2.05) is 0 Å². The van der Waals surface area contributed by atoms with Crippen LogP contribution < -0.4 is 10.8 Å². The fourth-order valence-electron chi connectivity index (χ4n) is 1.01. The summed E-state index contributed by atoms with van der Waals surface area (Å²) in [5.74, 6) is -0.764. The molecule has 0 bridgehead atoms. The molecule has 3 N–H and O–H groups in total. The third-order valence-electron chi connectivity index (χ3n) is 1.64. The lowest BCUT2D eigenvalue weighted by Crippen LogP contribution is -2.23. The summed E-state index contributed by atoms with van der Waals surface area (Å²) in [6.45, 7) is 3.17. The first-order chi connectivity index (χ1) is 7.04. The first-order valence-corrected chi connectivity index (χ1v) is 5.03. The molecule has 1 aromatic rings. The number of nitrogens with zero attached hydrogens (tertiary/aromatic N) is 1. The van der Waals surface area contributed by atoms with Crippen molar-refractivity contribution in [3.05, 3.63) is 16.1 Å². The van der Waals surface area contributed by atoms with Crippen molar-refractivity contribution in [2.75, 3.05) is 0 Å². The van der Waals surface area contributed by atoms with E-state index in [0.717, 1.165) is 11.3 Å². The highest BCUT2D eigenvalue weighted by molar-refractivity contribution is 7.13. The van der Waals surface area contributed by atoms with Crippen molar-refractivity contribution in [2.45, 2.75) is 19.9 Å². The normalized spacial score (nSPS) is 11.9. The summed E-state index contributed by atoms with van der Waals surface area (Å²) in [4.78, 5) is 26.0. The Labute approximate surface area is 90.3 Å². The van der Waals surface area contributed by atoms with Gasteiger partial charge < -0.3 is 5.32 Å². The summed E-state index contributed by atoms with van der Waals surface area (Å²) in [5, 5.41) is 11.6. The molecular formula is C8H11N3O3S. The van der Waals surface area contributed by atoms with Crippen molar-refractivity contribution in [1.82, 2.24) is 15.8 Å². The highest BCUT2D eigenvalue weighted by Crippen LogP contribution is 2.19. The van der Waals surface area contributed by atoms with E-state index >= 15 is 0 Å². The van der Waals surface area contributed by atoms with Gasteiger partial charge in [0, 0.05) is 6.92 Å². The Morgan fingerprint density at radius 1 is 1.60 bits per heavy atom. The standard InChI is InChI=1S/C8H11N3O3S/c1-4(10-5(2)12)8-9-3-6(15-8)7(13)11-14/h3-4,14H,1-2H3,(H,10,12)(H,11,13)/t4-/m1/s1. The highest BCUT2D eigenvalue weighted by Gasteiger charge is 2.14. The monoisotopic (exact) mass is 229 g/mol. The molecule has 1 rings (SSSR count). The number of aromatic nitrogens is 1. The Balaban J connectivity index is 2.75. The molecule has 0 spiro atoms. The number of nitrogens with one attached hydrogen (secondary N) is 2. The molecule has 0 aromatic carbocycles. The van der Waals surface area contributed by atoms with Gasteiger partial charge in [-0.05, 0) is 6.92 Å². The van der Waals surface area contributed by atoms with Gasteiger partial charge in [-0.15, -0.1) is 11.3 Å². The minimum Gasteiger partial charge on any atom is -0.347 e. The Morgan fingerprint density at radius 3 is 2.80 bits per heavy atom. The van der Waals surface area contributed by atoms with Crippen molar-refractivity contribution in [2.24, 2.45) is 0 Å². The summed E-state index contributed by atoms with van der Waals surface area (Å²) >= 11 is 1.12. The maximum absolute atomic E-state index is 11.0. The second-order valence-electron chi connectivity index (χ2n) is 2.93. The van der Waals surface area contributed by atoms with Gasteiger partial charge in [0.15, 0.2) is 0 Å². The molecule has 6 nitrogen and oxygen atoms in total. The fourth-order valence-corrected chi connectivity index (χ4v) is 1.82. The molecule has 0 radical (unpaired) electrons. The van der Waals surface area contributed by atoms with Crippen molar-refractivity contribution in [3.8, 4) is 0 Å². The van der Waals surface area contributed by atoms with Crippen LogP contribution >= 0.6 is 11.3 Å². The highest BCUT2D eigenvalue weighted by atomic mass is 32.1. The van der Waals surface area contributed by atoms with Crippen LogP contribution in [-0.4, -0.2) is 22.0 Å². The minimum atomic E-state index is -0.603. The molecule has 1 heterocycles. The van der Waals surface area contributed by atoms with Gasteiger partial charge in [-0.25, -0.2) is 10.5 Å². The Morgan fingerprint density at radius 2 is 2.27 bits per heavy atom. The molecule has 0 saturated heterocycles. The van der Waals surface area contributed by atoms with Gasteiger partial charge in [-0.1, -0.05) is 0 Å². The van der Waals surface area contributed by atoms with Gasteiger partial charge in [-0.2, -0.15) is 0 Å². The largest absolute Gasteiger partial charge is 0.347 e. The first-order valence-electron chi connectivity index (χ1n) is 4.22. The van der Waals surface area contributed by atoms with Crippen LogP contribution in [0.3, 0.4) is 0 Å². The van der Waals surface area contributed by atoms with E-state index < -0.39 is 5.91 Å². The molecule has 0 aliphatic carbocycles. The SMILES string of the molecule is CC(=O)N[C@H](C)c1ncc(C(=O)NO)s1. The van der Waals surface area contributed by atoms with Gasteiger partial charge in [0.25, 0.3) is 5.91 Å². The molecule has 82 valence electrons. The summed E-state index contributed by atoms with van der Waals surface area (Å²) < 4.78 is 0. The third kappa shape index (κ3) is 3.00. The van der Waals surface area contributed by atoms with E-state index in [1.54, 1.807) is 6.92 Å². The van der Waals surface area contributed by atoms with E-state index in [1.165, 1.54) is 18.6 Å². The van der Waals surface area contributed by atoms with Crippen LogP contribution in [0.1, 0.15) is 34.6 Å². The maximum Gasteiger partial charge on any atom is 0.286 e. The number of carbonyl (C=O) groups is 2. The van der Waals surface area contributed by atoms with Crippen LogP contribution in [0.4, 0.5) is 0 Å². The summed E-state index contributed by atoms with van der Waals surface area (Å²) in [6.07, 6.45) is 1.35. The molecular weight excluding hydrogens is 218 g/mol. The molecule has 15 heavy (non-hydrogen) atoms. The van der Waals surface area contributed by atoms with Gasteiger partial charge >= 0.3 is 0 Å². The topological polar surface area (TPSA) is 91.3 Å². The summed E-state index contributed by atoms with van der Waals surface area (Å²) in [5.41, 5.74) is 1.52. The van der Waals surface area contributed by atoms with Crippen molar-refractivity contribution >= 4 is 23.2 Å². The number of amides is 2. The molecule has 7 heteroatoms. The Kier molecular flexibility index (Phi) is 3.75. The minimum absolute atomic E-state index is 0.161. The fraction of sp³-hybridized carbons (Fsp3) is 0.375. The summed E-state index contributed by atoms with van der Waals surface area (Å²) in [6, 6.07) is -0.243. The summed E-state index contributed by atoms with van der Waals surface area (Å²) in [7, 11) is 0. The van der Waals surface area contributed by atoms with Crippen LogP contribution in [0.2, 0.25) is 0 Å². The molecule has 0 unspecified atom stereocenters. The van der Waals surface area contributed by atoms with Gasteiger partial charge in [0.1, 0.15) is 9.88 Å². The number of thiazole rings is 1. The van der Waals surface area contributed by atoms with E-state index in [9.17, 15) is 9.59 Å². The number of hydrogen-bond acceptors (Lipinski definition) is 5. The maximum atomic E-state index is 11.0. The van der Waals surface area contributed by atoms with Gasteiger partial charge in [0.2, 0.25) is 5.91 Å². The van der Waals surface area contributed by atoms with E-state index in [0.29, 0.717) is 9.88 Å². The third-order valence-corrected chi connectivity index (χ3v) is 2.82.